The van der Waals surface area contributed by atoms with Crippen molar-refractivity contribution in [3.63, 3.8) is 0 Å². The van der Waals surface area contributed by atoms with Gasteiger partial charge in [-0.15, -0.1) is 0 Å². The Balaban J connectivity index is 1.47. The van der Waals surface area contributed by atoms with E-state index in [4.69, 9.17) is 27.2 Å². The topological polar surface area (TPSA) is 127 Å². The van der Waals surface area contributed by atoms with Gasteiger partial charge in [-0.3, -0.25) is 4.79 Å². The van der Waals surface area contributed by atoms with Gasteiger partial charge >= 0.3 is 0 Å². The van der Waals surface area contributed by atoms with Crippen LogP contribution in [0.25, 0.3) is 33.3 Å². The fraction of sp³-hybridized carbons (Fsp3) is 0.500. The number of hydrogen-bond acceptors (Lipinski definition) is 7. The molecule has 0 unspecified atom stereocenters. The summed E-state index contributed by atoms with van der Waals surface area (Å²) in [7, 11) is 0. The number of fused-ring (bicyclic) bond motifs is 2. The molecule has 0 spiro atoms. The highest BCUT2D eigenvalue weighted by molar-refractivity contribution is 6.38. The molecule has 4 N–H and O–H groups in total. The number of hydrogen-bond donors (Lipinski definition) is 3. The molecule has 4 rings (SSSR count). The average molecular weight is 555 g/mol. The fourth-order valence-corrected chi connectivity index (χ4v) is 4.99. The maximum atomic E-state index is 12.8. The van der Waals surface area contributed by atoms with Crippen LogP contribution >= 0.6 is 11.6 Å². The maximum Gasteiger partial charge on any atom is 0.251 e. The Hall–Kier alpha value is -3.21. The third kappa shape index (κ3) is 6.34. The zero-order chi connectivity index (χ0) is 28.2. The summed E-state index contributed by atoms with van der Waals surface area (Å²) in [5, 5.41) is 9.66. The summed E-state index contributed by atoms with van der Waals surface area (Å²) >= 11 is 6.81. The number of nitrogens with one attached hydrogen (secondary N) is 2. The second-order valence-electron chi connectivity index (χ2n) is 10.7. The van der Waals surface area contributed by atoms with E-state index in [0.29, 0.717) is 58.6 Å². The lowest BCUT2D eigenvalue weighted by Crippen LogP contribution is -2.31. The highest BCUT2D eigenvalue weighted by Gasteiger charge is 2.26. The zero-order valence-electron chi connectivity index (χ0n) is 23.5. The van der Waals surface area contributed by atoms with Crippen molar-refractivity contribution in [1.82, 2.24) is 34.9 Å². The predicted octanol–water partition coefficient (Wildman–Crippen LogP) is 4.83. The number of nitrogen functional groups attached to an aromatic ring is 1. The summed E-state index contributed by atoms with van der Waals surface area (Å²) < 4.78 is 7.57. The molecule has 0 fully saturated rings. The fourth-order valence-electron chi connectivity index (χ4n) is 4.69. The van der Waals surface area contributed by atoms with Crippen LogP contribution in [0.1, 0.15) is 57.8 Å². The van der Waals surface area contributed by atoms with E-state index >= 15 is 0 Å². The number of anilines is 1. The molecule has 39 heavy (non-hydrogen) atoms. The molecule has 0 atom stereocenters. The van der Waals surface area contributed by atoms with E-state index in [9.17, 15) is 4.79 Å². The molecule has 0 saturated heterocycles. The normalized spacial score (nSPS) is 12.2. The first kappa shape index (κ1) is 28.8. The van der Waals surface area contributed by atoms with Gasteiger partial charge in [0.2, 0.25) is 0 Å². The first-order valence-corrected chi connectivity index (χ1v) is 13.9. The van der Waals surface area contributed by atoms with E-state index in [-0.39, 0.29) is 11.4 Å². The molecule has 0 aliphatic heterocycles. The van der Waals surface area contributed by atoms with E-state index in [2.05, 4.69) is 39.0 Å². The molecule has 210 valence electrons. The van der Waals surface area contributed by atoms with Crippen molar-refractivity contribution in [3.05, 3.63) is 35.1 Å². The zero-order valence-corrected chi connectivity index (χ0v) is 24.2. The number of aromatic amines is 1. The molecule has 10 nitrogen and oxygen atoms in total. The van der Waals surface area contributed by atoms with Crippen LogP contribution in [0.3, 0.4) is 0 Å². The smallest absolute Gasteiger partial charge is 0.251 e. The van der Waals surface area contributed by atoms with Crippen molar-refractivity contribution >= 4 is 45.3 Å². The SMILES string of the molecule is CCCN(CCC)CCOCCNC(=O)c1ccc2c(Cl)c(-c3nn(C(C)(C)C)c4ncnc(N)c34)[nH]c2c1. The van der Waals surface area contributed by atoms with E-state index in [1.165, 1.54) is 6.33 Å². The standard InChI is InChI=1S/C28H39ClN8O2/c1-6-11-36(12-7-2)13-15-39-14-10-31-27(38)18-8-9-19-20(16-18)34-24(22(19)29)23-21-25(30)32-17-33-26(21)37(35-23)28(3,4)5/h8-9,16-17,34H,6-7,10-15H2,1-5H3,(H,31,38)(H2,30,32,33). The van der Waals surface area contributed by atoms with Gasteiger partial charge < -0.3 is 25.7 Å². The van der Waals surface area contributed by atoms with Crippen LogP contribution in [-0.4, -0.2) is 74.9 Å². The molecule has 1 aromatic carbocycles. The monoisotopic (exact) mass is 554 g/mol. The van der Waals surface area contributed by atoms with Crippen molar-refractivity contribution in [2.24, 2.45) is 0 Å². The lowest BCUT2D eigenvalue weighted by atomic mass is 10.1. The lowest BCUT2D eigenvalue weighted by molar-refractivity contribution is 0.0876. The molecule has 0 radical (unpaired) electrons. The first-order chi connectivity index (χ1) is 18.7. The van der Waals surface area contributed by atoms with Crippen LogP contribution in [0.5, 0.6) is 0 Å². The minimum absolute atomic E-state index is 0.175. The summed E-state index contributed by atoms with van der Waals surface area (Å²) in [5.41, 5.74) is 8.96. The van der Waals surface area contributed by atoms with Crippen molar-refractivity contribution in [3.8, 4) is 11.4 Å². The van der Waals surface area contributed by atoms with Crippen molar-refractivity contribution in [2.45, 2.75) is 53.0 Å². The largest absolute Gasteiger partial charge is 0.383 e. The highest BCUT2D eigenvalue weighted by Crippen LogP contribution is 2.39. The molecule has 4 aromatic rings. The number of ether oxygens (including phenoxy) is 1. The molecular weight excluding hydrogens is 516 g/mol. The van der Waals surface area contributed by atoms with Crippen LogP contribution in [0, 0.1) is 0 Å². The Morgan fingerprint density at radius 2 is 1.90 bits per heavy atom. The second kappa shape index (κ2) is 12.3. The number of halogens is 1. The molecule has 11 heteroatoms. The number of rotatable bonds is 12. The van der Waals surface area contributed by atoms with E-state index in [0.717, 1.165) is 43.4 Å². The molecule has 0 bridgehead atoms. The van der Waals surface area contributed by atoms with Gasteiger partial charge in [0.25, 0.3) is 5.91 Å². The van der Waals surface area contributed by atoms with E-state index in [1.54, 1.807) is 12.1 Å². The van der Waals surface area contributed by atoms with Gasteiger partial charge in [-0.2, -0.15) is 5.10 Å². The highest BCUT2D eigenvalue weighted by atomic mass is 35.5. The molecule has 1 amide bonds. The number of nitrogens with zero attached hydrogens (tertiary/aromatic N) is 5. The number of aromatic nitrogens is 5. The van der Waals surface area contributed by atoms with Gasteiger partial charge in [0.15, 0.2) is 5.65 Å². The summed E-state index contributed by atoms with van der Waals surface area (Å²) in [6.45, 7) is 15.1. The van der Waals surface area contributed by atoms with E-state index < -0.39 is 0 Å². The Bertz CT molecular complexity index is 1430. The summed E-state index contributed by atoms with van der Waals surface area (Å²) in [6.07, 6.45) is 3.70. The second-order valence-corrected chi connectivity index (χ2v) is 11.1. The quantitative estimate of drug-likeness (QED) is 0.214. The molecular formula is C28H39ClN8O2. The Morgan fingerprint density at radius 1 is 1.15 bits per heavy atom. The third-order valence-corrected chi connectivity index (χ3v) is 6.92. The predicted molar refractivity (Wildman–Crippen MR) is 157 cm³/mol. The number of benzene rings is 1. The van der Waals surface area contributed by atoms with Crippen molar-refractivity contribution in [1.29, 1.82) is 0 Å². The summed E-state index contributed by atoms with van der Waals surface area (Å²) in [6, 6.07) is 5.39. The Labute approximate surface area is 234 Å². The van der Waals surface area contributed by atoms with Gasteiger partial charge in [0.1, 0.15) is 17.8 Å². The molecule has 0 aliphatic carbocycles. The van der Waals surface area contributed by atoms with Crippen LogP contribution in [0.4, 0.5) is 5.82 Å². The first-order valence-electron chi connectivity index (χ1n) is 13.5. The van der Waals surface area contributed by atoms with Gasteiger partial charge in [0.05, 0.1) is 34.9 Å². The minimum atomic E-state index is -0.338. The molecule has 0 aliphatic rings. The van der Waals surface area contributed by atoms with Gasteiger partial charge in [-0.05, 0) is 58.8 Å². The number of nitrogens with two attached hydrogens (primary N) is 1. The van der Waals surface area contributed by atoms with Gasteiger partial charge in [0, 0.05) is 29.6 Å². The van der Waals surface area contributed by atoms with Crippen LogP contribution in [0.15, 0.2) is 24.5 Å². The average Bonchev–Trinajstić information content (AvgIpc) is 3.44. The molecule has 0 saturated carbocycles. The number of H-pyrrole nitrogens is 1. The number of carbonyl (C=O) groups is 1. The number of amides is 1. The third-order valence-electron chi connectivity index (χ3n) is 6.53. The van der Waals surface area contributed by atoms with Crippen LogP contribution < -0.4 is 11.1 Å². The number of carbonyl (C=O) groups excluding carboxylic acids is 1. The summed E-state index contributed by atoms with van der Waals surface area (Å²) in [4.78, 5) is 27.2. The van der Waals surface area contributed by atoms with E-state index in [1.807, 2.05) is 31.5 Å². The van der Waals surface area contributed by atoms with Gasteiger partial charge in [-0.25, -0.2) is 14.6 Å². The van der Waals surface area contributed by atoms with Crippen molar-refractivity contribution < 1.29 is 9.53 Å². The molecule has 3 heterocycles. The van der Waals surface area contributed by atoms with Crippen molar-refractivity contribution in [2.75, 3.05) is 45.1 Å². The van der Waals surface area contributed by atoms with Crippen LogP contribution in [-0.2, 0) is 10.3 Å². The minimum Gasteiger partial charge on any atom is -0.383 e. The lowest BCUT2D eigenvalue weighted by Gasteiger charge is -2.20. The maximum absolute atomic E-state index is 12.8. The van der Waals surface area contributed by atoms with Crippen LogP contribution in [0.2, 0.25) is 5.02 Å². The molecule has 3 aromatic heterocycles. The Morgan fingerprint density at radius 3 is 2.59 bits per heavy atom. The van der Waals surface area contributed by atoms with Gasteiger partial charge in [-0.1, -0.05) is 31.5 Å². The Kier molecular flexibility index (Phi) is 9.09. The summed E-state index contributed by atoms with van der Waals surface area (Å²) in [5.74, 6) is 0.150.